The van der Waals surface area contributed by atoms with E-state index < -0.39 is 0 Å². The van der Waals surface area contributed by atoms with Crippen LogP contribution >= 0.6 is 0 Å². The molecule has 5 heteroatoms. The van der Waals surface area contributed by atoms with E-state index in [1.54, 1.807) is 13.2 Å². The molecule has 1 aromatic rings. The first kappa shape index (κ1) is 14.9. The number of benzene rings is 1. The van der Waals surface area contributed by atoms with Crippen LogP contribution in [0.4, 0.5) is 0 Å². The summed E-state index contributed by atoms with van der Waals surface area (Å²) in [5.74, 6) is 0.513. The molecule has 5 nitrogen and oxygen atoms in total. The van der Waals surface area contributed by atoms with E-state index >= 15 is 0 Å². The van der Waals surface area contributed by atoms with Gasteiger partial charge in [-0.1, -0.05) is 30.4 Å². The van der Waals surface area contributed by atoms with Gasteiger partial charge in [-0.25, -0.2) is 0 Å². The predicted octanol–water partition coefficient (Wildman–Crippen LogP) is 2.50. The second-order valence-electron chi connectivity index (χ2n) is 6.38. The molecular formula is C19H18N2O3. The van der Waals surface area contributed by atoms with Gasteiger partial charge in [0.2, 0.25) is 0 Å². The number of nitrogens with zero attached hydrogens (tertiary/aromatic N) is 2. The van der Waals surface area contributed by atoms with Crippen molar-refractivity contribution in [1.82, 2.24) is 5.01 Å². The Labute approximate surface area is 140 Å². The van der Waals surface area contributed by atoms with Gasteiger partial charge in [0.15, 0.2) is 0 Å². The van der Waals surface area contributed by atoms with Crippen LogP contribution in [0.2, 0.25) is 0 Å². The van der Waals surface area contributed by atoms with Gasteiger partial charge < -0.3 is 4.74 Å². The van der Waals surface area contributed by atoms with Gasteiger partial charge in [-0.3, -0.25) is 9.59 Å². The summed E-state index contributed by atoms with van der Waals surface area (Å²) >= 11 is 0. The molecule has 2 amide bonds. The van der Waals surface area contributed by atoms with E-state index in [9.17, 15) is 9.59 Å². The second-order valence-corrected chi connectivity index (χ2v) is 6.38. The quantitative estimate of drug-likeness (QED) is 0.486. The molecule has 4 atom stereocenters. The average Bonchev–Trinajstić information content (AvgIpc) is 3.28. The van der Waals surface area contributed by atoms with Crippen LogP contribution in [0.3, 0.4) is 0 Å². The summed E-state index contributed by atoms with van der Waals surface area (Å²) in [6.45, 7) is 0. The molecule has 4 unspecified atom stereocenters. The number of fused-ring (bicyclic) bond motifs is 5. The van der Waals surface area contributed by atoms with Crippen molar-refractivity contribution in [1.29, 1.82) is 0 Å². The fourth-order valence-electron chi connectivity index (χ4n) is 3.97. The van der Waals surface area contributed by atoms with Gasteiger partial charge in [-0.2, -0.15) is 10.1 Å². The number of hydrogen-bond donors (Lipinski definition) is 0. The number of hydrogen-bond acceptors (Lipinski definition) is 4. The highest BCUT2D eigenvalue weighted by Gasteiger charge is 2.59. The summed E-state index contributed by atoms with van der Waals surface area (Å²) in [5.41, 5.74) is 0.987. The summed E-state index contributed by atoms with van der Waals surface area (Å²) in [6, 6.07) is 7.58. The Balaban J connectivity index is 1.44. The van der Waals surface area contributed by atoms with Gasteiger partial charge >= 0.3 is 0 Å². The minimum atomic E-state index is -0.199. The smallest absolute Gasteiger partial charge is 0.254 e. The number of allylic oxidation sites excluding steroid dienone is 3. The number of carbonyl (C=O) groups excluding carboxylic acids is 2. The minimum Gasteiger partial charge on any atom is -0.497 e. The highest BCUT2D eigenvalue weighted by Crippen LogP contribution is 2.52. The van der Waals surface area contributed by atoms with Crippen molar-refractivity contribution >= 4 is 24.1 Å². The van der Waals surface area contributed by atoms with Crippen LogP contribution in [0.1, 0.15) is 12.0 Å². The zero-order chi connectivity index (χ0) is 16.7. The van der Waals surface area contributed by atoms with Crippen LogP contribution < -0.4 is 4.74 Å². The SMILES string of the molecule is COc1ccc(C=CC=NN2C(=O)C3C4C=CC(C4)C3C2=O)cc1. The monoisotopic (exact) mass is 322 g/mol. The van der Waals surface area contributed by atoms with Gasteiger partial charge in [0.05, 0.1) is 18.9 Å². The van der Waals surface area contributed by atoms with E-state index in [1.165, 1.54) is 6.21 Å². The number of rotatable bonds is 4. The van der Waals surface area contributed by atoms with Gasteiger partial charge in [0.25, 0.3) is 11.8 Å². The Morgan fingerprint density at radius 3 is 2.29 bits per heavy atom. The maximum absolute atomic E-state index is 12.4. The van der Waals surface area contributed by atoms with Crippen LogP contribution in [0.15, 0.2) is 47.6 Å². The third-order valence-electron chi connectivity index (χ3n) is 5.12. The standard InChI is InChI=1S/C19H18N2O3/c1-24-15-8-4-12(5-9-15)3-2-10-20-21-18(22)16-13-6-7-14(11-13)17(16)19(21)23/h2-10,13-14,16-17H,11H2,1H3. The van der Waals surface area contributed by atoms with Gasteiger partial charge in [-0.15, -0.1) is 0 Å². The number of carbonyl (C=O) groups is 2. The molecule has 2 bridgehead atoms. The molecule has 2 aliphatic carbocycles. The molecule has 1 aliphatic heterocycles. The highest BCUT2D eigenvalue weighted by atomic mass is 16.5. The molecule has 1 heterocycles. The lowest BCUT2D eigenvalue weighted by Crippen LogP contribution is -2.27. The molecule has 1 saturated heterocycles. The Kier molecular flexibility index (Phi) is 3.56. The zero-order valence-electron chi connectivity index (χ0n) is 13.3. The van der Waals surface area contributed by atoms with Gasteiger partial charge in [0, 0.05) is 6.21 Å². The summed E-state index contributed by atoms with van der Waals surface area (Å²) in [4.78, 5) is 24.9. The molecule has 1 aromatic carbocycles. The number of imide groups is 1. The van der Waals surface area contributed by atoms with Gasteiger partial charge in [-0.05, 0) is 42.0 Å². The summed E-state index contributed by atoms with van der Waals surface area (Å²) in [7, 11) is 1.62. The Bertz CT molecular complexity index is 733. The predicted molar refractivity (Wildman–Crippen MR) is 90.1 cm³/mol. The van der Waals surface area contributed by atoms with Crippen molar-refractivity contribution in [3.05, 3.63) is 48.1 Å². The van der Waals surface area contributed by atoms with Crippen molar-refractivity contribution in [3.8, 4) is 5.75 Å². The van der Waals surface area contributed by atoms with Crippen LogP contribution in [0, 0.1) is 23.7 Å². The molecule has 0 N–H and O–H groups in total. The molecule has 3 aliphatic rings. The number of amides is 2. The molecular weight excluding hydrogens is 304 g/mol. The van der Waals surface area contributed by atoms with E-state index in [4.69, 9.17) is 4.74 Å². The number of hydrazone groups is 1. The Morgan fingerprint density at radius 2 is 1.71 bits per heavy atom. The maximum atomic E-state index is 12.4. The fourth-order valence-corrected chi connectivity index (χ4v) is 3.97. The first-order valence-electron chi connectivity index (χ1n) is 8.10. The number of methoxy groups -OCH3 is 1. The second kappa shape index (κ2) is 5.74. The Morgan fingerprint density at radius 1 is 1.08 bits per heavy atom. The third kappa shape index (κ3) is 2.28. The maximum Gasteiger partial charge on any atom is 0.254 e. The van der Waals surface area contributed by atoms with E-state index in [-0.39, 0.29) is 35.5 Å². The first-order chi connectivity index (χ1) is 11.7. The minimum absolute atomic E-state index is 0.157. The van der Waals surface area contributed by atoms with Crippen LogP contribution in [-0.2, 0) is 9.59 Å². The van der Waals surface area contributed by atoms with Gasteiger partial charge in [0.1, 0.15) is 5.75 Å². The summed E-state index contributed by atoms with van der Waals surface area (Å²) in [6.07, 6.45) is 10.2. The van der Waals surface area contributed by atoms with Crippen molar-refractivity contribution in [2.75, 3.05) is 7.11 Å². The fraction of sp³-hybridized carbons (Fsp3) is 0.316. The normalized spacial score (nSPS) is 31.0. The van der Waals surface area contributed by atoms with E-state index in [2.05, 4.69) is 17.3 Å². The molecule has 0 spiro atoms. The van der Waals surface area contributed by atoms with Crippen LogP contribution in [-0.4, -0.2) is 30.1 Å². The molecule has 122 valence electrons. The zero-order valence-corrected chi connectivity index (χ0v) is 13.3. The highest BCUT2D eigenvalue weighted by molar-refractivity contribution is 6.06. The molecule has 2 fully saturated rings. The first-order valence-corrected chi connectivity index (χ1v) is 8.10. The molecule has 1 saturated carbocycles. The lowest BCUT2D eigenvalue weighted by atomic mass is 9.85. The topological polar surface area (TPSA) is 59.0 Å². The largest absolute Gasteiger partial charge is 0.497 e. The summed E-state index contributed by atoms with van der Waals surface area (Å²) in [5, 5.41) is 5.14. The van der Waals surface area contributed by atoms with Crippen LogP contribution in [0.25, 0.3) is 6.08 Å². The lowest BCUT2D eigenvalue weighted by molar-refractivity contribution is -0.140. The number of ether oxygens (including phenoxy) is 1. The summed E-state index contributed by atoms with van der Waals surface area (Å²) < 4.78 is 5.11. The molecule has 0 aromatic heterocycles. The average molecular weight is 322 g/mol. The van der Waals surface area contributed by atoms with Crippen molar-refractivity contribution in [2.45, 2.75) is 6.42 Å². The molecule has 0 radical (unpaired) electrons. The van der Waals surface area contributed by atoms with Crippen molar-refractivity contribution < 1.29 is 14.3 Å². The van der Waals surface area contributed by atoms with Crippen molar-refractivity contribution in [3.63, 3.8) is 0 Å². The van der Waals surface area contributed by atoms with Crippen LogP contribution in [0.5, 0.6) is 5.75 Å². The lowest BCUT2D eigenvalue weighted by Gasteiger charge is -2.13. The van der Waals surface area contributed by atoms with E-state index in [0.29, 0.717) is 0 Å². The van der Waals surface area contributed by atoms with Crippen molar-refractivity contribution in [2.24, 2.45) is 28.8 Å². The Hall–Kier alpha value is -2.69. The van der Waals surface area contributed by atoms with E-state index in [1.807, 2.05) is 30.3 Å². The molecule has 4 rings (SSSR count). The third-order valence-corrected chi connectivity index (χ3v) is 5.12. The molecule has 24 heavy (non-hydrogen) atoms. The van der Waals surface area contributed by atoms with E-state index in [0.717, 1.165) is 22.7 Å².